The van der Waals surface area contributed by atoms with Crippen LogP contribution < -0.4 is 5.32 Å². The molecule has 1 aromatic carbocycles. The van der Waals surface area contributed by atoms with Crippen molar-refractivity contribution in [1.29, 1.82) is 0 Å². The van der Waals surface area contributed by atoms with Gasteiger partial charge in [0, 0.05) is 18.9 Å². The fraction of sp³-hybridized carbons (Fsp3) is 0.429. The molecule has 0 saturated heterocycles. The molecule has 1 N–H and O–H groups in total. The van der Waals surface area contributed by atoms with Gasteiger partial charge in [0.25, 0.3) is 0 Å². The smallest absolute Gasteiger partial charge is 0.224 e. The second-order valence-corrected chi connectivity index (χ2v) is 4.54. The topological polar surface area (TPSA) is 46.2 Å². The Morgan fingerprint density at radius 3 is 2.47 bits per heavy atom. The molecule has 1 fully saturated rings. The first-order valence-corrected chi connectivity index (χ1v) is 6.09. The second-order valence-electron chi connectivity index (χ2n) is 4.54. The number of amides is 1. The van der Waals surface area contributed by atoms with Gasteiger partial charge in [-0.05, 0) is 18.4 Å². The van der Waals surface area contributed by atoms with Gasteiger partial charge in [-0.15, -0.1) is 0 Å². The summed E-state index contributed by atoms with van der Waals surface area (Å²) in [5.74, 6) is 0.370. The number of carbonyl (C=O) groups is 2. The number of hydrogen-bond donors (Lipinski definition) is 1. The minimum absolute atomic E-state index is 0.0514. The highest BCUT2D eigenvalue weighted by Crippen LogP contribution is 2.14. The molecule has 0 atom stereocenters. The van der Waals surface area contributed by atoms with Gasteiger partial charge in [0.2, 0.25) is 5.91 Å². The monoisotopic (exact) mass is 231 g/mol. The SMILES string of the molecule is O=C1CCC(NC(=O)Cc2ccccc2)CC1. The van der Waals surface area contributed by atoms with Crippen LogP contribution in [-0.4, -0.2) is 17.7 Å². The van der Waals surface area contributed by atoms with E-state index in [0.29, 0.717) is 25.0 Å². The van der Waals surface area contributed by atoms with Crippen LogP contribution in [0.3, 0.4) is 0 Å². The fourth-order valence-electron chi connectivity index (χ4n) is 2.14. The summed E-state index contributed by atoms with van der Waals surface area (Å²) >= 11 is 0. The lowest BCUT2D eigenvalue weighted by molar-refractivity contribution is -0.124. The molecular weight excluding hydrogens is 214 g/mol. The van der Waals surface area contributed by atoms with E-state index in [1.807, 2.05) is 30.3 Å². The number of carbonyl (C=O) groups excluding carboxylic acids is 2. The van der Waals surface area contributed by atoms with Gasteiger partial charge in [-0.2, -0.15) is 0 Å². The highest BCUT2D eigenvalue weighted by molar-refractivity contribution is 5.81. The van der Waals surface area contributed by atoms with Gasteiger partial charge in [-0.25, -0.2) is 0 Å². The molecule has 1 aromatic rings. The summed E-state index contributed by atoms with van der Waals surface area (Å²) in [7, 11) is 0. The van der Waals surface area contributed by atoms with Crippen molar-refractivity contribution in [3.63, 3.8) is 0 Å². The normalized spacial score (nSPS) is 16.8. The van der Waals surface area contributed by atoms with Crippen LogP contribution in [0.2, 0.25) is 0 Å². The molecule has 1 aliphatic rings. The summed E-state index contributed by atoms with van der Waals surface area (Å²) < 4.78 is 0. The number of Topliss-reactive ketones (excluding diaryl/α,β-unsaturated/α-hetero) is 1. The molecule has 2 rings (SSSR count). The Bertz CT molecular complexity index is 390. The van der Waals surface area contributed by atoms with Crippen LogP contribution in [0.5, 0.6) is 0 Å². The molecule has 90 valence electrons. The van der Waals surface area contributed by atoms with Crippen LogP contribution in [-0.2, 0) is 16.0 Å². The van der Waals surface area contributed by atoms with Crippen molar-refractivity contribution in [2.24, 2.45) is 0 Å². The summed E-state index contributed by atoms with van der Waals surface area (Å²) in [4.78, 5) is 22.8. The zero-order chi connectivity index (χ0) is 12.1. The van der Waals surface area contributed by atoms with Crippen molar-refractivity contribution in [3.8, 4) is 0 Å². The molecule has 0 aromatic heterocycles. The predicted molar refractivity (Wildman–Crippen MR) is 65.6 cm³/mol. The zero-order valence-corrected chi connectivity index (χ0v) is 9.82. The maximum absolute atomic E-state index is 11.8. The Kier molecular flexibility index (Phi) is 3.91. The van der Waals surface area contributed by atoms with Crippen LogP contribution in [0.15, 0.2) is 30.3 Å². The van der Waals surface area contributed by atoms with Gasteiger partial charge in [0.15, 0.2) is 0 Å². The van der Waals surface area contributed by atoms with Gasteiger partial charge in [0.05, 0.1) is 6.42 Å². The maximum atomic E-state index is 11.8. The van der Waals surface area contributed by atoms with E-state index in [1.54, 1.807) is 0 Å². The average molecular weight is 231 g/mol. The van der Waals surface area contributed by atoms with Crippen LogP contribution in [0.1, 0.15) is 31.2 Å². The highest BCUT2D eigenvalue weighted by Gasteiger charge is 2.19. The molecule has 0 bridgehead atoms. The highest BCUT2D eigenvalue weighted by atomic mass is 16.1. The van der Waals surface area contributed by atoms with E-state index in [9.17, 15) is 9.59 Å². The van der Waals surface area contributed by atoms with E-state index in [1.165, 1.54) is 0 Å². The molecule has 1 amide bonds. The second kappa shape index (κ2) is 5.62. The van der Waals surface area contributed by atoms with Crippen LogP contribution in [0, 0.1) is 0 Å². The largest absolute Gasteiger partial charge is 0.353 e. The minimum atomic E-state index is 0.0514. The molecule has 0 radical (unpaired) electrons. The number of ketones is 1. The lowest BCUT2D eigenvalue weighted by Crippen LogP contribution is -2.38. The molecule has 3 heteroatoms. The van der Waals surface area contributed by atoms with Crippen molar-refractivity contribution in [1.82, 2.24) is 5.32 Å². The Morgan fingerprint density at radius 1 is 1.18 bits per heavy atom. The maximum Gasteiger partial charge on any atom is 0.224 e. The number of hydrogen-bond acceptors (Lipinski definition) is 2. The third-order valence-electron chi connectivity index (χ3n) is 3.12. The summed E-state index contributed by atoms with van der Waals surface area (Å²) in [6.45, 7) is 0. The Hall–Kier alpha value is -1.64. The average Bonchev–Trinajstić information content (AvgIpc) is 2.33. The summed E-state index contributed by atoms with van der Waals surface area (Å²) in [5.41, 5.74) is 1.02. The molecule has 0 spiro atoms. The van der Waals surface area contributed by atoms with E-state index in [4.69, 9.17) is 0 Å². The van der Waals surface area contributed by atoms with Crippen molar-refractivity contribution in [3.05, 3.63) is 35.9 Å². The standard InChI is InChI=1S/C14H17NO2/c16-13-8-6-12(7-9-13)15-14(17)10-11-4-2-1-3-5-11/h1-5,12H,6-10H2,(H,15,17). The minimum Gasteiger partial charge on any atom is -0.353 e. The van der Waals surface area contributed by atoms with E-state index < -0.39 is 0 Å². The van der Waals surface area contributed by atoms with Crippen molar-refractivity contribution >= 4 is 11.7 Å². The van der Waals surface area contributed by atoms with Gasteiger partial charge in [-0.3, -0.25) is 9.59 Å². The lowest BCUT2D eigenvalue weighted by Gasteiger charge is -2.22. The first kappa shape index (κ1) is 11.8. The number of nitrogens with one attached hydrogen (secondary N) is 1. The van der Waals surface area contributed by atoms with Crippen molar-refractivity contribution < 1.29 is 9.59 Å². The lowest BCUT2D eigenvalue weighted by atomic mass is 9.94. The van der Waals surface area contributed by atoms with E-state index >= 15 is 0 Å². The summed E-state index contributed by atoms with van der Waals surface area (Å²) in [6.07, 6.45) is 3.22. The molecule has 17 heavy (non-hydrogen) atoms. The van der Waals surface area contributed by atoms with Crippen molar-refractivity contribution in [2.45, 2.75) is 38.1 Å². The molecule has 3 nitrogen and oxygen atoms in total. The molecule has 0 heterocycles. The fourth-order valence-corrected chi connectivity index (χ4v) is 2.14. The summed E-state index contributed by atoms with van der Waals surface area (Å²) in [5, 5.41) is 3.00. The molecule has 0 aliphatic heterocycles. The molecule has 1 saturated carbocycles. The predicted octanol–water partition coefficient (Wildman–Crippen LogP) is 1.86. The van der Waals surface area contributed by atoms with Gasteiger partial charge in [-0.1, -0.05) is 30.3 Å². The Balaban J connectivity index is 1.80. The first-order valence-electron chi connectivity index (χ1n) is 6.09. The molecule has 0 unspecified atom stereocenters. The molecule has 1 aliphatic carbocycles. The number of rotatable bonds is 3. The van der Waals surface area contributed by atoms with Gasteiger partial charge in [0.1, 0.15) is 5.78 Å². The molecular formula is C14H17NO2. The summed E-state index contributed by atoms with van der Waals surface area (Å²) in [6, 6.07) is 9.88. The number of benzene rings is 1. The van der Waals surface area contributed by atoms with Gasteiger partial charge >= 0.3 is 0 Å². The van der Waals surface area contributed by atoms with Crippen LogP contribution in [0.25, 0.3) is 0 Å². The van der Waals surface area contributed by atoms with Crippen LogP contribution in [0.4, 0.5) is 0 Å². The Labute approximate surface area is 101 Å². The van der Waals surface area contributed by atoms with E-state index in [2.05, 4.69) is 5.32 Å². The van der Waals surface area contributed by atoms with E-state index in [0.717, 1.165) is 18.4 Å². The zero-order valence-electron chi connectivity index (χ0n) is 9.82. The third kappa shape index (κ3) is 3.70. The van der Waals surface area contributed by atoms with Crippen molar-refractivity contribution in [2.75, 3.05) is 0 Å². The van der Waals surface area contributed by atoms with E-state index in [-0.39, 0.29) is 11.9 Å². The third-order valence-corrected chi connectivity index (χ3v) is 3.12. The van der Waals surface area contributed by atoms with Gasteiger partial charge < -0.3 is 5.32 Å². The Morgan fingerprint density at radius 2 is 1.82 bits per heavy atom. The van der Waals surface area contributed by atoms with Crippen LogP contribution >= 0.6 is 0 Å². The quantitative estimate of drug-likeness (QED) is 0.863. The first-order chi connectivity index (χ1) is 8.24.